The number of aromatic amines is 1. The van der Waals surface area contributed by atoms with Gasteiger partial charge in [-0.05, 0) is 93.4 Å². The normalized spacial score (nSPS) is 11.1. The van der Waals surface area contributed by atoms with E-state index in [4.69, 9.17) is 16.3 Å². The molecule has 0 spiro atoms. The summed E-state index contributed by atoms with van der Waals surface area (Å²) >= 11 is 7.55. The number of benzene rings is 2. The summed E-state index contributed by atoms with van der Waals surface area (Å²) in [5, 5.41) is 4.73. The summed E-state index contributed by atoms with van der Waals surface area (Å²) in [7, 11) is 1.94. The number of ether oxygens (including phenoxy) is 1. The van der Waals surface area contributed by atoms with E-state index in [1.165, 1.54) is 11.9 Å². The fourth-order valence-electron chi connectivity index (χ4n) is 4.65. The lowest BCUT2D eigenvalue weighted by molar-refractivity contribution is 0.0954. The molecule has 39 heavy (non-hydrogen) atoms. The van der Waals surface area contributed by atoms with Crippen LogP contribution in [0.2, 0.25) is 5.02 Å². The minimum atomic E-state index is -0.183. The van der Waals surface area contributed by atoms with Gasteiger partial charge in [-0.3, -0.25) is 14.3 Å². The second kappa shape index (κ2) is 12.7. The van der Waals surface area contributed by atoms with Crippen molar-refractivity contribution in [2.24, 2.45) is 7.05 Å². The Hall–Kier alpha value is -3.36. The molecule has 7 nitrogen and oxygen atoms in total. The summed E-state index contributed by atoms with van der Waals surface area (Å²) in [5.41, 5.74) is 7.08. The second-order valence-corrected chi connectivity index (χ2v) is 11.0. The fraction of sp³-hybridized carbons (Fsp3) is 0.333. The van der Waals surface area contributed by atoms with Gasteiger partial charge in [-0.1, -0.05) is 29.8 Å². The van der Waals surface area contributed by atoms with Crippen LogP contribution in [0.5, 0.6) is 5.75 Å². The standard InChI is InChI=1S/C30H35ClN4O3S/c1-18-15-22(16-19(2)27(18)31)38-13-8-10-24-23-9-6-7-11-26(23)33-28(24)30(37)34-39-14-12-32-29(36)25-17-20(3)35(5)21(25)4/h6-7,9,11,15-17,33H,8,10,12-14H2,1-5H3,(H,32,36)(H,34,37). The molecule has 0 saturated heterocycles. The maximum absolute atomic E-state index is 13.1. The number of hydrogen-bond donors (Lipinski definition) is 3. The molecule has 2 aromatic carbocycles. The van der Waals surface area contributed by atoms with E-state index in [1.54, 1.807) is 0 Å². The summed E-state index contributed by atoms with van der Waals surface area (Å²) < 4.78 is 10.9. The van der Waals surface area contributed by atoms with E-state index in [2.05, 4.69) is 15.0 Å². The number of carbonyl (C=O) groups is 2. The van der Waals surface area contributed by atoms with Gasteiger partial charge in [0.25, 0.3) is 11.8 Å². The molecule has 0 unspecified atom stereocenters. The smallest absolute Gasteiger partial charge is 0.277 e. The van der Waals surface area contributed by atoms with Crippen molar-refractivity contribution >= 4 is 46.3 Å². The van der Waals surface area contributed by atoms with Gasteiger partial charge in [0.1, 0.15) is 11.4 Å². The number of hydrogen-bond acceptors (Lipinski definition) is 4. The zero-order valence-electron chi connectivity index (χ0n) is 23.0. The van der Waals surface area contributed by atoms with Gasteiger partial charge in [-0.25, -0.2) is 0 Å². The predicted molar refractivity (Wildman–Crippen MR) is 160 cm³/mol. The van der Waals surface area contributed by atoms with Crippen molar-refractivity contribution in [2.45, 2.75) is 40.5 Å². The monoisotopic (exact) mass is 566 g/mol. The van der Waals surface area contributed by atoms with Crippen LogP contribution in [-0.2, 0) is 13.5 Å². The molecular weight excluding hydrogens is 532 g/mol. The summed E-state index contributed by atoms with van der Waals surface area (Å²) in [6, 6.07) is 13.7. The molecule has 206 valence electrons. The highest BCUT2D eigenvalue weighted by Gasteiger charge is 2.18. The van der Waals surface area contributed by atoms with Crippen LogP contribution in [-0.4, -0.2) is 40.3 Å². The first kappa shape index (κ1) is 28.6. The first-order valence-corrected chi connectivity index (χ1v) is 14.4. The van der Waals surface area contributed by atoms with E-state index < -0.39 is 0 Å². The van der Waals surface area contributed by atoms with Crippen molar-refractivity contribution < 1.29 is 14.3 Å². The van der Waals surface area contributed by atoms with E-state index in [0.29, 0.717) is 36.6 Å². The molecule has 4 rings (SSSR count). The third-order valence-electron chi connectivity index (χ3n) is 6.96. The molecule has 0 radical (unpaired) electrons. The van der Waals surface area contributed by atoms with Crippen molar-refractivity contribution in [2.75, 3.05) is 18.9 Å². The van der Waals surface area contributed by atoms with E-state index in [1.807, 2.05) is 81.8 Å². The van der Waals surface area contributed by atoms with Crippen LogP contribution < -0.4 is 14.8 Å². The van der Waals surface area contributed by atoms with Gasteiger partial charge >= 0.3 is 0 Å². The largest absolute Gasteiger partial charge is 0.494 e. The third kappa shape index (κ3) is 6.62. The quantitative estimate of drug-likeness (QED) is 0.149. The molecule has 0 saturated carbocycles. The van der Waals surface area contributed by atoms with Crippen LogP contribution in [0.4, 0.5) is 0 Å². The highest BCUT2D eigenvalue weighted by atomic mass is 35.5. The first-order chi connectivity index (χ1) is 18.7. The minimum Gasteiger partial charge on any atom is -0.494 e. The molecule has 2 amide bonds. The van der Waals surface area contributed by atoms with Crippen LogP contribution in [0.1, 0.15) is 55.3 Å². The predicted octanol–water partition coefficient (Wildman–Crippen LogP) is 6.21. The maximum Gasteiger partial charge on any atom is 0.277 e. The van der Waals surface area contributed by atoms with E-state index in [-0.39, 0.29) is 11.8 Å². The lowest BCUT2D eigenvalue weighted by Crippen LogP contribution is -2.27. The van der Waals surface area contributed by atoms with Gasteiger partial charge in [-0.2, -0.15) is 0 Å². The fourth-order valence-corrected chi connectivity index (χ4v) is 5.29. The molecule has 2 aromatic heterocycles. The van der Waals surface area contributed by atoms with Crippen molar-refractivity contribution in [3.63, 3.8) is 0 Å². The molecule has 3 N–H and O–H groups in total. The molecular formula is C30H35ClN4O3S. The lowest BCUT2D eigenvalue weighted by atomic mass is 10.1. The minimum absolute atomic E-state index is 0.104. The van der Waals surface area contributed by atoms with Crippen LogP contribution in [0.25, 0.3) is 10.9 Å². The summed E-state index contributed by atoms with van der Waals surface area (Å²) in [6.07, 6.45) is 1.44. The molecule has 0 aliphatic rings. The number of nitrogens with one attached hydrogen (secondary N) is 3. The van der Waals surface area contributed by atoms with Gasteiger partial charge in [0.15, 0.2) is 0 Å². The number of nitrogens with zero attached hydrogens (tertiary/aromatic N) is 1. The van der Waals surface area contributed by atoms with Crippen molar-refractivity contribution in [1.82, 2.24) is 19.6 Å². The zero-order valence-corrected chi connectivity index (χ0v) is 24.6. The summed E-state index contributed by atoms with van der Waals surface area (Å²) in [5.74, 6) is 1.06. The number of H-pyrrole nitrogens is 1. The van der Waals surface area contributed by atoms with Gasteiger partial charge in [0.2, 0.25) is 0 Å². The van der Waals surface area contributed by atoms with E-state index in [0.717, 1.165) is 56.2 Å². The third-order valence-corrected chi connectivity index (χ3v) is 8.30. The van der Waals surface area contributed by atoms with Gasteiger partial charge in [-0.15, -0.1) is 0 Å². The number of para-hydroxylation sites is 1. The molecule has 4 aromatic rings. The van der Waals surface area contributed by atoms with Crippen molar-refractivity contribution in [3.8, 4) is 5.75 Å². The number of carbonyl (C=O) groups excluding carboxylic acids is 2. The number of aromatic nitrogens is 2. The van der Waals surface area contributed by atoms with Crippen LogP contribution in [0.3, 0.4) is 0 Å². The molecule has 9 heteroatoms. The molecule has 0 aliphatic heterocycles. The first-order valence-electron chi connectivity index (χ1n) is 13.0. The molecule has 0 atom stereocenters. The van der Waals surface area contributed by atoms with Gasteiger partial charge in [0.05, 0.1) is 12.2 Å². The molecule has 0 bridgehead atoms. The van der Waals surface area contributed by atoms with Crippen molar-refractivity contribution in [1.29, 1.82) is 0 Å². The van der Waals surface area contributed by atoms with E-state index >= 15 is 0 Å². The van der Waals surface area contributed by atoms with Crippen molar-refractivity contribution in [3.05, 3.63) is 86.8 Å². The second-order valence-electron chi connectivity index (χ2n) is 9.73. The van der Waals surface area contributed by atoms with Gasteiger partial charge in [0, 0.05) is 46.7 Å². The Kier molecular flexibility index (Phi) is 9.30. The Morgan fingerprint density at radius 3 is 2.46 bits per heavy atom. The molecule has 2 heterocycles. The Labute approximate surface area is 238 Å². The number of fused-ring (bicyclic) bond motifs is 1. The Balaban J connectivity index is 1.31. The Morgan fingerprint density at radius 2 is 1.77 bits per heavy atom. The number of aryl methyl sites for hydroxylation is 4. The maximum atomic E-state index is 13.1. The number of halogens is 1. The van der Waals surface area contributed by atoms with Crippen LogP contribution in [0.15, 0.2) is 42.5 Å². The molecule has 0 fully saturated rings. The summed E-state index contributed by atoms with van der Waals surface area (Å²) in [6.45, 7) is 8.81. The Bertz CT molecular complexity index is 1480. The SMILES string of the molecule is Cc1cc(OCCCc2c(C(=O)NSCCNC(=O)c3cc(C)n(C)c3C)[nH]c3ccccc23)cc(C)c1Cl. The lowest BCUT2D eigenvalue weighted by Gasteiger charge is -2.11. The molecule has 0 aliphatic carbocycles. The highest BCUT2D eigenvalue weighted by molar-refractivity contribution is 7.97. The highest BCUT2D eigenvalue weighted by Crippen LogP contribution is 2.27. The topological polar surface area (TPSA) is 88.2 Å². The van der Waals surface area contributed by atoms with Crippen LogP contribution in [0, 0.1) is 27.7 Å². The van der Waals surface area contributed by atoms with Crippen LogP contribution >= 0.6 is 23.5 Å². The number of rotatable bonds is 11. The average molecular weight is 567 g/mol. The van der Waals surface area contributed by atoms with E-state index in [9.17, 15) is 9.59 Å². The zero-order chi connectivity index (χ0) is 28.1. The summed E-state index contributed by atoms with van der Waals surface area (Å²) in [4.78, 5) is 28.9. The van der Waals surface area contributed by atoms with Gasteiger partial charge < -0.3 is 19.6 Å². The Morgan fingerprint density at radius 1 is 1.05 bits per heavy atom. The average Bonchev–Trinajstić information content (AvgIpc) is 3.41. The number of amides is 2.